The minimum atomic E-state index is -3.21. The minimum Gasteiger partial charge on any atom is -0.326 e. The van der Waals surface area contributed by atoms with Gasteiger partial charge in [0.15, 0.2) is 9.84 Å². The molecule has 1 aromatic carbocycles. The van der Waals surface area contributed by atoms with E-state index in [0.717, 1.165) is 69.3 Å². The number of hydrogen-bond acceptors (Lipinski definition) is 5. The highest BCUT2D eigenvalue weighted by Crippen LogP contribution is 2.28. The summed E-state index contributed by atoms with van der Waals surface area (Å²) in [6.45, 7) is 6.63. The van der Waals surface area contributed by atoms with Gasteiger partial charge in [0, 0.05) is 23.9 Å². The Labute approximate surface area is 194 Å². The summed E-state index contributed by atoms with van der Waals surface area (Å²) in [4.78, 5) is 14.8. The smallest absolute Gasteiger partial charge is 0.227 e. The Morgan fingerprint density at radius 2 is 1.84 bits per heavy atom. The van der Waals surface area contributed by atoms with Crippen molar-refractivity contribution < 1.29 is 13.2 Å². The molecule has 1 saturated carbocycles. The van der Waals surface area contributed by atoms with Crippen LogP contribution in [0.3, 0.4) is 0 Å². The van der Waals surface area contributed by atoms with E-state index in [4.69, 9.17) is 0 Å². The Hall–Kier alpha value is -1.44. The summed E-state index contributed by atoms with van der Waals surface area (Å²) in [7, 11) is -3.21. The first kappa shape index (κ1) is 25.2. The first-order valence-corrected chi connectivity index (χ1v) is 14.3. The van der Waals surface area contributed by atoms with E-state index in [0.29, 0.717) is 6.54 Å². The van der Waals surface area contributed by atoms with Gasteiger partial charge in [0.05, 0.1) is 0 Å². The molecule has 2 aliphatic rings. The predicted octanol–water partition coefficient (Wildman–Crippen LogP) is 3.83. The second kappa shape index (κ2) is 11.6. The molecule has 0 radical (unpaired) electrons. The number of carbonyl (C=O) groups excluding carboxylic acids is 1. The highest BCUT2D eigenvalue weighted by atomic mass is 32.2. The molecule has 180 valence electrons. The fraction of sp³-hybridized carbons (Fsp3) is 0.720. The van der Waals surface area contributed by atoms with Crippen LogP contribution in [0.2, 0.25) is 0 Å². The molecule has 1 aromatic rings. The number of carbonyl (C=O) groups is 1. The Bertz CT molecular complexity index is 846. The van der Waals surface area contributed by atoms with Gasteiger partial charge in [-0.15, -0.1) is 0 Å². The fourth-order valence-corrected chi connectivity index (χ4v) is 7.40. The van der Waals surface area contributed by atoms with Gasteiger partial charge in [-0.3, -0.25) is 9.69 Å². The van der Waals surface area contributed by atoms with Crippen molar-refractivity contribution in [3.63, 3.8) is 0 Å². The van der Waals surface area contributed by atoms with Gasteiger partial charge in [-0.05, 0) is 82.3 Å². The lowest BCUT2D eigenvalue weighted by Crippen LogP contribution is -2.52. The van der Waals surface area contributed by atoms with Crippen molar-refractivity contribution >= 4 is 21.4 Å². The van der Waals surface area contributed by atoms with Crippen molar-refractivity contribution in [2.45, 2.75) is 76.6 Å². The molecule has 1 amide bonds. The number of sulfone groups is 1. The Morgan fingerprint density at radius 1 is 1.16 bits per heavy atom. The summed E-state index contributed by atoms with van der Waals surface area (Å²) in [6, 6.07) is 8.13. The summed E-state index contributed by atoms with van der Waals surface area (Å²) < 4.78 is 25.6. The topological polar surface area (TPSA) is 78.5 Å². The molecule has 6 nitrogen and oxygen atoms in total. The summed E-state index contributed by atoms with van der Waals surface area (Å²) in [5.74, 6) is 0.422. The molecule has 1 aliphatic heterocycles. The minimum absolute atomic E-state index is 0.0823. The molecule has 2 fully saturated rings. The third kappa shape index (κ3) is 6.78. The summed E-state index contributed by atoms with van der Waals surface area (Å²) in [6.07, 6.45) is 9.40. The molecule has 2 N–H and O–H groups in total. The molecule has 1 saturated heterocycles. The van der Waals surface area contributed by atoms with E-state index in [1.807, 2.05) is 18.2 Å². The molecule has 1 heterocycles. The van der Waals surface area contributed by atoms with Crippen LogP contribution in [0.5, 0.6) is 0 Å². The zero-order valence-electron chi connectivity index (χ0n) is 20.0. The molecular formula is C25H41N3O3S. The van der Waals surface area contributed by atoms with Crippen LogP contribution in [0, 0.1) is 11.8 Å². The molecule has 2 unspecified atom stereocenters. The summed E-state index contributed by atoms with van der Waals surface area (Å²) >= 11 is 0. The van der Waals surface area contributed by atoms with Gasteiger partial charge in [0.25, 0.3) is 0 Å². The number of amides is 1. The quantitative estimate of drug-likeness (QED) is 0.582. The molecule has 1 aliphatic carbocycles. The van der Waals surface area contributed by atoms with Crippen LogP contribution >= 0.6 is 0 Å². The van der Waals surface area contributed by atoms with Crippen molar-refractivity contribution in [3.8, 4) is 0 Å². The SMILES string of the molecule is CCN(C(C)Cc1cccc(NC(=O)C2CCCCC2)c1)C(C1CCNCC1)S(C)(=O)=O. The predicted molar refractivity (Wildman–Crippen MR) is 131 cm³/mol. The van der Waals surface area contributed by atoms with Gasteiger partial charge in [0.1, 0.15) is 5.37 Å². The summed E-state index contributed by atoms with van der Waals surface area (Å²) in [5.41, 5.74) is 1.96. The third-order valence-corrected chi connectivity index (χ3v) is 8.72. The van der Waals surface area contributed by atoms with E-state index >= 15 is 0 Å². The highest BCUT2D eigenvalue weighted by molar-refractivity contribution is 7.91. The largest absolute Gasteiger partial charge is 0.326 e. The lowest BCUT2D eigenvalue weighted by atomic mass is 9.88. The van der Waals surface area contributed by atoms with E-state index < -0.39 is 15.2 Å². The molecule has 7 heteroatoms. The lowest BCUT2D eigenvalue weighted by Gasteiger charge is -2.40. The van der Waals surface area contributed by atoms with Crippen LogP contribution in [0.4, 0.5) is 5.69 Å². The van der Waals surface area contributed by atoms with Gasteiger partial charge in [-0.1, -0.05) is 38.3 Å². The number of rotatable bonds is 9. The van der Waals surface area contributed by atoms with Crippen molar-refractivity contribution in [2.24, 2.45) is 11.8 Å². The number of piperidine rings is 1. The lowest BCUT2D eigenvalue weighted by molar-refractivity contribution is -0.120. The number of benzene rings is 1. The average molecular weight is 464 g/mol. The van der Waals surface area contributed by atoms with E-state index in [2.05, 4.69) is 35.4 Å². The maximum absolute atomic E-state index is 12.8. The summed E-state index contributed by atoms with van der Waals surface area (Å²) in [5, 5.41) is 6.01. The van der Waals surface area contributed by atoms with E-state index in [1.54, 1.807) is 0 Å². The van der Waals surface area contributed by atoms with E-state index in [-0.39, 0.29) is 23.8 Å². The maximum Gasteiger partial charge on any atom is 0.227 e. The highest BCUT2D eigenvalue weighted by Gasteiger charge is 2.37. The van der Waals surface area contributed by atoms with E-state index in [9.17, 15) is 13.2 Å². The molecule has 3 rings (SSSR count). The second-order valence-corrected chi connectivity index (χ2v) is 11.9. The third-order valence-electron chi connectivity index (χ3n) is 7.19. The molecule has 0 aromatic heterocycles. The van der Waals surface area contributed by atoms with Crippen molar-refractivity contribution in [1.29, 1.82) is 0 Å². The first-order chi connectivity index (χ1) is 15.3. The van der Waals surface area contributed by atoms with Crippen LogP contribution in [0.15, 0.2) is 24.3 Å². The number of likely N-dealkylation sites (N-methyl/N-ethyl adjacent to an activating group) is 1. The second-order valence-electron chi connectivity index (χ2n) is 9.72. The van der Waals surface area contributed by atoms with Crippen LogP contribution < -0.4 is 10.6 Å². The van der Waals surface area contributed by atoms with Crippen molar-refractivity contribution in [3.05, 3.63) is 29.8 Å². The van der Waals surface area contributed by atoms with Gasteiger partial charge < -0.3 is 10.6 Å². The van der Waals surface area contributed by atoms with Gasteiger partial charge in [-0.2, -0.15) is 0 Å². The van der Waals surface area contributed by atoms with Gasteiger partial charge in [0.2, 0.25) is 5.91 Å². The van der Waals surface area contributed by atoms with Gasteiger partial charge in [-0.25, -0.2) is 8.42 Å². The number of hydrogen-bond donors (Lipinski definition) is 2. The fourth-order valence-electron chi connectivity index (χ4n) is 5.58. The standard InChI is InChI=1S/C25H41N3O3S/c1-4-28(25(32(3,30)31)22-13-15-26-16-14-22)19(2)17-20-9-8-12-23(18-20)27-24(29)21-10-6-5-7-11-21/h8-9,12,18-19,21-22,25-26H,4-7,10-11,13-17H2,1-3H3,(H,27,29). The average Bonchev–Trinajstić information content (AvgIpc) is 2.77. The molecule has 0 bridgehead atoms. The van der Waals surface area contributed by atoms with Gasteiger partial charge >= 0.3 is 0 Å². The molecule has 2 atom stereocenters. The van der Waals surface area contributed by atoms with Crippen LogP contribution in [0.1, 0.15) is 64.4 Å². The zero-order valence-corrected chi connectivity index (χ0v) is 20.8. The Kier molecular flexibility index (Phi) is 9.14. The van der Waals surface area contributed by atoms with Crippen LogP contribution in [-0.4, -0.2) is 56.5 Å². The first-order valence-electron chi connectivity index (χ1n) is 12.3. The molecule has 0 spiro atoms. The monoisotopic (exact) mass is 463 g/mol. The Morgan fingerprint density at radius 3 is 2.47 bits per heavy atom. The number of nitrogens with zero attached hydrogens (tertiary/aromatic N) is 1. The Balaban J connectivity index is 1.69. The number of anilines is 1. The van der Waals surface area contributed by atoms with Crippen LogP contribution in [-0.2, 0) is 21.1 Å². The van der Waals surface area contributed by atoms with Crippen molar-refractivity contribution in [2.75, 3.05) is 31.2 Å². The normalized spacial score (nSPS) is 20.8. The maximum atomic E-state index is 12.8. The molecular weight excluding hydrogens is 422 g/mol. The van der Waals surface area contributed by atoms with Crippen molar-refractivity contribution in [1.82, 2.24) is 10.2 Å². The number of nitrogens with one attached hydrogen (secondary N) is 2. The molecule has 32 heavy (non-hydrogen) atoms. The van der Waals surface area contributed by atoms with Crippen LogP contribution in [0.25, 0.3) is 0 Å². The van der Waals surface area contributed by atoms with E-state index in [1.165, 1.54) is 12.7 Å². The zero-order chi connectivity index (χ0) is 23.1.